The molecule has 1 aliphatic heterocycles. The minimum atomic E-state index is -0.0521. The molecule has 6 nitrogen and oxygen atoms in total. The van der Waals surface area contributed by atoms with Crippen molar-refractivity contribution in [3.05, 3.63) is 84.2 Å². The first-order valence-electron chi connectivity index (χ1n) is 9.92. The number of hydrogen-bond acceptors (Lipinski definition) is 3. The number of carbonyl (C=O) groups excluding carboxylic acids is 2. The number of rotatable bonds is 5. The summed E-state index contributed by atoms with van der Waals surface area (Å²) in [5, 5.41) is 7.43. The fourth-order valence-electron chi connectivity index (χ4n) is 3.59. The van der Waals surface area contributed by atoms with Gasteiger partial charge in [-0.3, -0.25) is 9.59 Å². The van der Waals surface area contributed by atoms with Crippen LogP contribution in [0.2, 0.25) is 0 Å². The van der Waals surface area contributed by atoms with Crippen LogP contribution in [0.25, 0.3) is 5.69 Å². The van der Waals surface area contributed by atoms with Crippen LogP contribution < -0.4 is 5.32 Å². The average Bonchev–Trinajstić information content (AvgIpc) is 3.24. The first-order valence-corrected chi connectivity index (χ1v) is 9.92. The molecule has 1 fully saturated rings. The lowest BCUT2D eigenvalue weighted by Gasteiger charge is -2.32. The van der Waals surface area contributed by atoms with Crippen molar-refractivity contribution >= 4 is 11.8 Å². The Labute approximate surface area is 170 Å². The van der Waals surface area contributed by atoms with E-state index in [1.807, 2.05) is 71.8 Å². The van der Waals surface area contributed by atoms with Crippen LogP contribution in [-0.4, -0.2) is 45.6 Å². The summed E-state index contributed by atoms with van der Waals surface area (Å²) in [5.74, 6) is 0.0501. The van der Waals surface area contributed by atoms with Crippen molar-refractivity contribution in [1.29, 1.82) is 0 Å². The Morgan fingerprint density at radius 1 is 0.966 bits per heavy atom. The Balaban J connectivity index is 1.27. The Hall–Kier alpha value is -3.41. The third-order valence-electron chi connectivity index (χ3n) is 5.23. The number of amides is 2. The first-order chi connectivity index (χ1) is 14.2. The minimum absolute atomic E-state index is 0.0521. The maximum Gasteiger partial charge on any atom is 0.251 e. The topological polar surface area (TPSA) is 67.2 Å². The van der Waals surface area contributed by atoms with Crippen LogP contribution in [0.1, 0.15) is 28.8 Å². The van der Waals surface area contributed by atoms with Crippen LogP contribution in [-0.2, 0) is 11.2 Å². The van der Waals surface area contributed by atoms with E-state index in [-0.39, 0.29) is 17.9 Å². The molecule has 2 aromatic carbocycles. The molecule has 0 aliphatic carbocycles. The van der Waals surface area contributed by atoms with Crippen molar-refractivity contribution in [1.82, 2.24) is 20.0 Å². The van der Waals surface area contributed by atoms with Crippen molar-refractivity contribution in [3.8, 4) is 5.69 Å². The largest absolute Gasteiger partial charge is 0.349 e. The second kappa shape index (κ2) is 8.73. The van der Waals surface area contributed by atoms with Gasteiger partial charge >= 0.3 is 0 Å². The van der Waals surface area contributed by atoms with E-state index in [2.05, 4.69) is 10.4 Å². The molecule has 2 heterocycles. The minimum Gasteiger partial charge on any atom is -0.349 e. The first kappa shape index (κ1) is 18.9. The van der Waals surface area contributed by atoms with E-state index in [9.17, 15) is 9.59 Å². The molecule has 0 spiro atoms. The van der Waals surface area contributed by atoms with E-state index in [1.165, 1.54) is 0 Å². The Morgan fingerprint density at radius 2 is 1.62 bits per heavy atom. The van der Waals surface area contributed by atoms with Gasteiger partial charge < -0.3 is 10.2 Å². The van der Waals surface area contributed by atoms with Crippen LogP contribution >= 0.6 is 0 Å². The van der Waals surface area contributed by atoms with Crippen LogP contribution in [0.15, 0.2) is 73.1 Å². The number of hydrogen-bond donors (Lipinski definition) is 1. The Bertz CT molecular complexity index is 961. The van der Waals surface area contributed by atoms with Crippen molar-refractivity contribution < 1.29 is 9.59 Å². The number of benzene rings is 2. The van der Waals surface area contributed by atoms with E-state index in [0.29, 0.717) is 25.1 Å². The number of piperidine rings is 1. The molecule has 0 radical (unpaired) electrons. The molecule has 148 valence electrons. The van der Waals surface area contributed by atoms with Gasteiger partial charge in [0.15, 0.2) is 0 Å². The molecule has 0 atom stereocenters. The summed E-state index contributed by atoms with van der Waals surface area (Å²) in [7, 11) is 0. The highest BCUT2D eigenvalue weighted by atomic mass is 16.2. The molecule has 1 saturated heterocycles. The van der Waals surface area contributed by atoms with Gasteiger partial charge in [0.05, 0.1) is 18.3 Å². The molecule has 6 heteroatoms. The number of para-hydroxylation sites is 1. The van der Waals surface area contributed by atoms with Crippen LogP contribution in [0.5, 0.6) is 0 Å². The lowest BCUT2D eigenvalue weighted by Crippen LogP contribution is -2.46. The monoisotopic (exact) mass is 388 g/mol. The molecule has 0 saturated carbocycles. The fourth-order valence-corrected chi connectivity index (χ4v) is 3.59. The molecule has 29 heavy (non-hydrogen) atoms. The molecule has 1 aliphatic rings. The van der Waals surface area contributed by atoms with Gasteiger partial charge in [-0.25, -0.2) is 4.68 Å². The summed E-state index contributed by atoms with van der Waals surface area (Å²) in [6, 6.07) is 19.2. The zero-order valence-corrected chi connectivity index (χ0v) is 16.2. The van der Waals surface area contributed by atoms with Crippen molar-refractivity contribution in [2.45, 2.75) is 25.3 Å². The van der Waals surface area contributed by atoms with Gasteiger partial charge in [-0.1, -0.05) is 36.4 Å². The molecule has 0 unspecified atom stereocenters. The third-order valence-corrected chi connectivity index (χ3v) is 5.23. The molecular weight excluding hydrogens is 364 g/mol. The molecule has 4 rings (SSSR count). The molecule has 2 amide bonds. The number of nitrogens with one attached hydrogen (secondary N) is 1. The summed E-state index contributed by atoms with van der Waals surface area (Å²) in [4.78, 5) is 26.8. The molecule has 1 N–H and O–H groups in total. The molecular formula is C23H24N4O2. The maximum absolute atomic E-state index is 12.7. The molecule has 3 aromatic rings. The van der Waals surface area contributed by atoms with Crippen LogP contribution in [0.3, 0.4) is 0 Å². The normalized spacial score (nSPS) is 14.6. The van der Waals surface area contributed by atoms with Gasteiger partial charge in [0.2, 0.25) is 5.91 Å². The maximum atomic E-state index is 12.7. The van der Waals surface area contributed by atoms with Gasteiger partial charge in [0.25, 0.3) is 5.91 Å². The lowest BCUT2D eigenvalue weighted by molar-refractivity contribution is -0.131. The summed E-state index contributed by atoms with van der Waals surface area (Å²) in [5.41, 5.74) is 2.54. The van der Waals surface area contributed by atoms with E-state index in [4.69, 9.17) is 0 Å². The van der Waals surface area contributed by atoms with E-state index >= 15 is 0 Å². The van der Waals surface area contributed by atoms with Crippen molar-refractivity contribution in [3.63, 3.8) is 0 Å². The zero-order chi connectivity index (χ0) is 20.1. The standard InChI is InChI=1S/C23H24N4O2/c28-22(15-18-16-24-27(17-18)21-9-5-2-6-10-21)26-13-11-20(12-14-26)25-23(29)19-7-3-1-4-8-19/h1-10,16-17,20H,11-15H2,(H,25,29). The summed E-state index contributed by atoms with van der Waals surface area (Å²) < 4.78 is 1.79. The van der Waals surface area contributed by atoms with Gasteiger partial charge in [0, 0.05) is 30.9 Å². The highest BCUT2D eigenvalue weighted by molar-refractivity contribution is 5.94. The highest BCUT2D eigenvalue weighted by Gasteiger charge is 2.24. The number of aromatic nitrogens is 2. The highest BCUT2D eigenvalue weighted by Crippen LogP contribution is 2.14. The van der Waals surface area contributed by atoms with E-state index in [1.54, 1.807) is 10.9 Å². The summed E-state index contributed by atoms with van der Waals surface area (Å²) in [6.45, 7) is 1.32. The van der Waals surface area contributed by atoms with E-state index < -0.39 is 0 Å². The second-order valence-electron chi connectivity index (χ2n) is 7.30. The summed E-state index contributed by atoms with van der Waals surface area (Å²) >= 11 is 0. The van der Waals surface area contributed by atoms with Gasteiger partial charge in [-0.15, -0.1) is 0 Å². The molecule has 0 bridgehead atoms. The zero-order valence-electron chi connectivity index (χ0n) is 16.2. The van der Waals surface area contributed by atoms with Crippen molar-refractivity contribution in [2.75, 3.05) is 13.1 Å². The Kier molecular flexibility index (Phi) is 5.70. The number of nitrogens with zero attached hydrogens (tertiary/aromatic N) is 3. The molecule has 1 aromatic heterocycles. The van der Waals surface area contributed by atoms with Crippen LogP contribution in [0, 0.1) is 0 Å². The Morgan fingerprint density at radius 3 is 2.31 bits per heavy atom. The predicted molar refractivity (Wildman–Crippen MR) is 111 cm³/mol. The van der Waals surface area contributed by atoms with E-state index in [0.717, 1.165) is 24.1 Å². The van der Waals surface area contributed by atoms with Crippen molar-refractivity contribution in [2.24, 2.45) is 0 Å². The smallest absolute Gasteiger partial charge is 0.251 e. The van der Waals surface area contributed by atoms with Gasteiger partial charge in [-0.2, -0.15) is 5.10 Å². The van der Waals surface area contributed by atoms with Crippen LogP contribution in [0.4, 0.5) is 0 Å². The predicted octanol–water partition coefficient (Wildman–Crippen LogP) is 2.84. The third kappa shape index (κ3) is 4.71. The lowest BCUT2D eigenvalue weighted by atomic mass is 10.0. The summed E-state index contributed by atoms with van der Waals surface area (Å²) in [6.07, 6.45) is 5.53. The quantitative estimate of drug-likeness (QED) is 0.731. The fraction of sp³-hybridized carbons (Fsp3) is 0.261. The second-order valence-corrected chi connectivity index (χ2v) is 7.30. The van der Waals surface area contributed by atoms with Gasteiger partial charge in [-0.05, 0) is 42.7 Å². The number of likely N-dealkylation sites (tertiary alicyclic amines) is 1. The number of carbonyl (C=O) groups is 2. The SMILES string of the molecule is O=C(NC1CCN(C(=O)Cc2cnn(-c3ccccc3)c2)CC1)c1ccccc1. The average molecular weight is 388 g/mol. The van der Waals surface area contributed by atoms with Gasteiger partial charge in [0.1, 0.15) is 0 Å².